The Labute approximate surface area is 71.0 Å². The standard InChI is InChI=1S/C11H20/c1-7-10(4)8-11(5,6)9(2)3/h2,4,7-8H2,1,3,5-6H3. The second kappa shape index (κ2) is 3.75. The van der Waals surface area contributed by atoms with Gasteiger partial charge in [0.1, 0.15) is 0 Å². The molecule has 0 aromatic heterocycles. The summed E-state index contributed by atoms with van der Waals surface area (Å²) in [4.78, 5) is 0. The van der Waals surface area contributed by atoms with Crippen LogP contribution in [-0.4, -0.2) is 0 Å². The second-order valence-corrected chi connectivity index (χ2v) is 3.94. The maximum absolute atomic E-state index is 4.00. The first kappa shape index (κ1) is 10.5. The average molecular weight is 152 g/mol. The molecule has 0 aliphatic rings. The maximum atomic E-state index is 4.00. The van der Waals surface area contributed by atoms with E-state index >= 15 is 0 Å². The van der Waals surface area contributed by atoms with Crippen LogP contribution in [0.2, 0.25) is 0 Å². The van der Waals surface area contributed by atoms with E-state index in [9.17, 15) is 0 Å². The van der Waals surface area contributed by atoms with Crippen molar-refractivity contribution < 1.29 is 0 Å². The Kier molecular flexibility index (Phi) is 3.57. The molecule has 0 bridgehead atoms. The van der Waals surface area contributed by atoms with Crippen LogP contribution in [0.15, 0.2) is 24.3 Å². The molecule has 0 saturated carbocycles. The zero-order valence-corrected chi connectivity index (χ0v) is 8.33. The monoisotopic (exact) mass is 152 g/mol. The largest absolute Gasteiger partial charge is 0.0998 e. The molecule has 0 fully saturated rings. The van der Waals surface area contributed by atoms with Gasteiger partial charge < -0.3 is 0 Å². The number of hydrogen-bond donors (Lipinski definition) is 0. The molecular weight excluding hydrogens is 132 g/mol. The van der Waals surface area contributed by atoms with Gasteiger partial charge in [-0.3, -0.25) is 0 Å². The molecule has 0 radical (unpaired) electrons. The number of hydrogen-bond acceptors (Lipinski definition) is 0. The van der Waals surface area contributed by atoms with E-state index < -0.39 is 0 Å². The normalized spacial score (nSPS) is 11.3. The lowest BCUT2D eigenvalue weighted by Crippen LogP contribution is -2.12. The Morgan fingerprint density at radius 3 is 2.00 bits per heavy atom. The van der Waals surface area contributed by atoms with Gasteiger partial charge in [0.05, 0.1) is 0 Å². The SMILES string of the molecule is C=C(CC)CC(C)(C)C(=C)C. The van der Waals surface area contributed by atoms with E-state index in [4.69, 9.17) is 0 Å². The van der Waals surface area contributed by atoms with E-state index in [1.165, 1.54) is 11.1 Å². The molecule has 0 aliphatic heterocycles. The number of rotatable bonds is 4. The summed E-state index contributed by atoms with van der Waals surface area (Å²) in [5.41, 5.74) is 2.79. The van der Waals surface area contributed by atoms with Gasteiger partial charge in [-0.15, -0.1) is 0 Å². The zero-order valence-electron chi connectivity index (χ0n) is 8.33. The predicted octanol–water partition coefficient (Wildman–Crippen LogP) is 3.95. The molecule has 0 saturated heterocycles. The highest BCUT2D eigenvalue weighted by Gasteiger charge is 2.18. The lowest BCUT2D eigenvalue weighted by atomic mass is 9.80. The van der Waals surface area contributed by atoms with Crippen LogP contribution in [0.5, 0.6) is 0 Å². The maximum Gasteiger partial charge on any atom is -0.0113 e. The minimum atomic E-state index is 0.229. The summed E-state index contributed by atoms with van der Waals surface area (Å²) in [7, 11) is 0. The first-order valence-electron chi connectivity index (χ1n) is 4.22. The third-order valence-corrected chi connectivity index (χ3v) is 2.35. The molecule has 64 valence electrons. The summed E-state index contributed by atoms with van der Waals surface area (Å²) in [6.07, 6.45) is 2.15. The molecule has 0 nitrogen and oxygen atoms in total. The van der Waals surface area contributed by atoms with Crippen LogP contribution in [0.25, 0.3) is 0 Å². The first-order chi connectivity index (χ1) is 4.90. The summed E-state index contributed by atoms with van der Waals surface area (Å²) in [5.74, 6) is 0. The highest BCUT2D eigenvalue weighted by atomic mass is 14.2. The molecule has 0 heteroatoms. The van der Waals surface area contributed by atoms with Crippen molar-refractivity contribution in [2.75, 3.05) is 0 Å². The molecular formula is C11H20. The Morgan fingerprint density at radius 2 is 1.73 bits per heavy atom. The van der Waals surface area contributed by atoms with Crippen molar-refractivity contribution in [3.05, 3.63) is 24.3 Å². The molecule has 0 heterocycles. The third kappa shape index (κ3) is 3.41. The van der Waals surface area contributed by atoms with E-state index in [0.717, 1.165) is 12.8 Å². The van der Waals surface area contributed by atoms with E-state index in [-0.39, 0.29) is 5.41 Å². The van der Waals surface area contributed by atoms with Crippen LogP contribution in [0.1, 0.15) is 40.5 Å². The van der Waals surface area contributed by atoms with Crippen LogP contribution in [0, 0.1) is 5.41 Å². The fraction of sp³-hybridized carbons (Fsp3) is 0.636. The van der Waals surface area contributed by atoms with Gasteiger partial charge in [0, 0.05) is 0 Å². The Bertz CT molecular complexity index is 161. The summed E-state index contributed by atoms with van der Waals surface area (Å²) in [6.45, 7) is 16.6. The molecule has 0 amide bonds. The van der Waals surface area contributed by atoms with Crippen LogP contribution in [0.4, 0.5) is 0 Å². The zero-order chi connectivity index (χ0) is 9.07. The summed E-state index contributed by atoms with van der Waals surface area (Å²) < 4.78 is 0. The molecule has 0 aliphatic carbocycles. The highest BCUT2D eigenvalue weighted by molar-refractivity contribution is 5.10. The van der Waals surface area contributed by atoms with E-state index in [0.29, 0.717) is 0 Å². The van der Waals surface area contributed by atoms with Gasteiger partial charge >= 0.3 is 0 Å². The fourth-order valence-corrected chi connectivity index (χ4v) is 0.901. The van der Waals surface area contributed by atoms with Crippen LogP contribution < -0.4 is 0 Å². The van der Waals surface area contributed by atoms with Crippen molar-refractivity contribution in [2.45, 2.75) is 40.5 Å². The number of allylic oxidation sites excluding steroid dienone is 2. The lowest BCUT2D eigenvalue weighted by Gasteiger charge is -2.25. The van der Waals surface area contributed by atoms with Gasteiger partial charge in [-0.25, -0.2) is 0 Å². The molecule has 0 aromatic carbocycles. The average Bonchev–Trinajstić information content (AvgIpc) is 1.86. The van der Waals surface area contributed by atoms with Gasteiger partial charge in [-0.1, -0.05) is 45.1 Å². The van der Waals surface area contributed by atoms with Gasteiger partial charge in [0.25, 0.3) is 0 Å². The van der Waals surface area contributed by atoms with Gasteiger partial charge in [0.15, 0.2) is 0 Å². The van der Waals surface area contributed by atoms with Crippen molar-refractivity contribution >= 4 is 0 Å². The van der Waals surface area contributed by atoms with Crippen molar-refractivity contribution in [2.24, 2.45) is 5.41 Å². The predicted molar refractivity (Wildman–Crippen MR) is 52.6 cm³/mol. The molecule has 0 unspecified atom stereocenters. The Morgan fingerprint density at radius 1 is 1.27 bits per heavy atom. The highest BCUT2D eigenvalue weighted by Crippen LogP contribution is 2.32. The summed E-state index contributed by atoms with van der Waals surface area (Å²) in [6, 6.07) is 0. The summed E-state index contributed by atoms with van der Waals surface area (Å²) >= 11 is 0. The van der Waals surface area contributed by atoms with E-state index in [1.807, 2.05) is 0 Å². The van der Waals surface area contributed by atoms with Crippen LogP contribution in [0.3, 0.4) is 0 Å². The minimum absolute atomic E-state index is 0.229. The van der Waals surface area contributed by atoms with Crippen molar-refractivity contribution in [3.63, 3.8) is 0 Å². The molecule has 0 spiro atoms. The quantitative estimate of drug-likeness (QED) is 0.535. The van der Waals surface area contributed by atoms with Crippen molar-refractivity contribution in [3.8, 4) is 0 Å². The molecule has 0 N–H and O–H groups in total. The second-order valence-electron chi connectivity index (χ2n) is 3.94. The van der Waals surface area contributed by atoms with Crippen molar-refractivity contribution in [1.29, 1.82) is 0 Å². The Balaban J connectivity index is 4.12. The van der Waals surface area contributed by atoms with E-state index in [1.54, 1.807) is 0 Å². The summed E-state index contributed by atoms with van der Waals surface area (Å²) in [5, 5.41) is 0. The molecule has 0 aromatic rings. The van der Waals surface area contributed by atoms with Crippen LogP contribution in [-0.2, 0) is 0 Å². The van der Waals surface area contributed by atoms with E-state index in [2.05, 4.69) is 40.9 Å². The minimum Gasteiger partial charge on any atom is -0.0998 e. The Hall–Kier alpha value is -0.520. The van der Waals surface area contributed by atoms with Gasteiger partial charge in [-0.2, -0.15) is 0 Å². The smallest absolute Gasteiger partial charge is 0.0113 e. The topological polar surface area (TPSA) is 0 Å². The lowest BCUT2D eigenvalue weighted by molar-refractivity contribution is 0.439. The fourth-order valence-electron chi connectivity index (χ4n) is 0.901. The van der Waals surface area contributed by atoms with Gasteiger partial charge in [-0.05, 0) is 25.2 Å². The van der Waals surface area contributed by atoms with Crippen LogP contribution >= 0.6 is 0 Å². The molecule has 0 rings (SSSR count). The molecule has 11 heavy (non-hydrogen) atoms. The van der Waals surface area contributed by atoms with Crippen molar-refractivity contribution in [1.82, 2.24) is 0 Å². The molecule has 0 atom stereocenters. The van der Waals surface area contributed by atoms with Gasteiger partial charge in [0.2, 0.25) is 0 Å². The first-order valence-corrected chi connectivity index (χ1v) is 4.22. The third-order valence-electron chi connectivity index (χ3n) is 2.35.